The van der Waals surface area contributed by atoms with Gasteiger partial charge in [0.15, 0.2) is 0 Å². The van der Waals surface area contributed by atoms with Crippen LogP contribution in [0, 0.1) is 0 Å². The maximum absolute atomic E-state index is 2.77. The second kappa shape index (κ2) is 7.64. The van der Waals surface area contributed by atoms with Gasteiger partial charge in [0.1, 0.15) is 0 Å². The van der Waals surface area contributed by atoms with Gasteiger partial charge >= 0.3 is 173 Å². The first kappa shape index (κ1) is 24.4. The Morgan fingerprint density at radius 2 is 0.583 bits per heavy atom. The second-order valence-corrected chi connectivity index (χ2v) is 77.1. The zero-order chi connectivity index (χ0) is 19.2. The van der Waals surface area contributed by atoms with Crippen LogP contribution in [0.25, 0.3) is 0 Å². The summed E-state index contributed by atoms with van der Waals surface area (Å²) in [6.07, 6.45) is 0. The van der Waals surface area contributed by atoms with E-state index in [9.17, 15) is 0 Å². The molecule has 0 saturated carbocycles. The van der Waals surface area contributed by atoms with E-state index in [-0.39, 0.29) is 0 Å². The molecule has 0 radical (unpaired) electrons. The van der Waals surface area contributed by atoms with E-state index in [0.29, 0.717) is 0 Å². The molecule has 144 valence electrons. The fourth-order valence-corrected chi connectivity index (χ4v) is 177. The Hall–Kier alpha value is 2.34. The van der Waals surface area contributed by atoms with E-state index >= 15 is 0 Å². The van der Waals surface area contributed by atoms with Gasteiger partial charge in [-0.1, -0.05) is 0 Å². The summed E-state index contributed by atoms with van der Waals surface area (Å²) in [5, 5.41) is 0. The molecule has 0 N–H and O–H groups in total. The predicted molar refractivity (Wildman–Crippen MR) is 136 cm³/mol. The number of hydrogen-bond acceptors (Lipinski definition) is 0. The van der Waals surface area contributed by atoms with Crippen LogP contribution in [0.15, 0.2) is 0 Å². The quantitative estimate of drug-likeness (QED) is 0.380. The minimum atomic E-state index is -0.965. The Labute approximate surface area is 171 Å². The molecule has 1 fully saturated rings. The molecule has 0 bridgehead atoms. The van der Waals surface area contributed by atoms with E-state index < -0.39 is 44.6 Å². The summed E-state index contributed by atoms with van der Waals surface area (Å²) < 4.78 is 0. The van der Waals surface area contributed by atoms with Gasteiger partial charge in [-0.05, 0) is 0 Å². The molecule has 1 aliphatic heterocycles. The Balaban J connectivity index is 3.24. The van der Waals surface area contributed by atoms with Crippen LogP contribution in [0.3, 0.4) is 0 Å². The van der Waals surface area contributed by atoms with Crippen molar-refractivity contribution >= 4 is 74.5 Å². The molecule has 0 aromatic carbocycles. The summed E-state index contributed by atoms with van der Waals surface area (Å²) in [5.41, 5.74) is 0. The van der Waals surface area contributed by atoms with E-state index in [2.05, 4.69) is 78.6 Å². The fraction of sp³-hybridized carbons (Fsp3) is 1.00. The number of rotatable bonds is 4. The van der Waals surface area contributed by atoms with Gasteiger partial charge in [-0.25, -0.2) is 0 Å². The van der Waals surface area contributed by atoms with Gasteiger partial charge in [-0.3, -0.25) is 0 Å². The average molecular weight is 563 g/mol. The van der Waals surface area contributed by atoms with Crippen LogP contribution in [0.4, 0.5) is 0 Å². The Kier molecular flexibility index (Phi) is 7.76. The van der Waals surface area contributed by atoms with Crippen molar-refractivity contribution in [1.29, 1.82) is 0 Å². The summed E-state index contributed by atoms with van der Waals surface area (Å²) in [5.74, 6) is 0. The van der Waals surface area contributed by atoms with Gasteiger partial charge in [0.2, 0.25) is 0 Å². The van der Waals surface area contributed by atoms with E-state index in [1.807, 2.05) is 0 Å². The third-order valence-electron chi connectivity index (χ3n) is 7.14. The molecular weight excluding hydrogens is 519 g/mol. The fourth-order valence-electron chi connectivity index (χ4n) is 4.86. The predicted octanol–water partition coefficient (Wildman–Crippen LogP) is 5.80. The Bertz CT molecular complexity index is 357. The monoisotopic (exact) mass is 564 g/mol. The van der Waals surface area contributed by atoms with Gasteiger partial charge in [-0.15, -0.1) is 0 Å². The van der Waals surface area contributed by atoms with E-state index in [1.165, 1.54) is 0 Å². The SMILES string of the molecule is C[Si](C)(C)[Si]1([Si](C)(C)C)C[Se]C[Si]([Si](C)(C)C)([Si](C)(C)C)C[Se]C1. The van der Waals surface area contributed by atoms with Crippen LogP contribution in [-0.2, 0) is 0 Å². The van der Waals surface area contributed by atoms with Crippen LogP contribution in [0.5, 0.6) is 0 Å². The summed E-state index contributed by atoms with van der Waals surface area (Å²) in [6, 6.07) is 0. The van der Waals surface area contributed by atoms with E-state index in [1.54, 1.807) is 19.8 Å². The topological polar surface area (TPSA) is 0 Å². The van der Waals surface area contributed by atoms with Gasteiger partial charge in [0.25, 0.3) is 0 Å². The molecule has 0 aliphatic carbocycles. The van der Waals surface area contributed by atoms with E-state index in [0.717, 1.165) is 29.9 Å². The Morgan fingerprint density at radius 3 is 0.708 bits per heavy atom. The molecule has 1 heterocycles. The standard InChI is InChI=1S/C16H44Se2Si6/c1-19(2,3)23(20(4,5)6)13-17-15-24(16-18-14-23,21(7,8)9)22(10,11)12/h13-16H2,1-12H3. The average Bonchev–Trinajstić information content (AvgIpc) is 2.20. The van der Waals surface area contributed by atoms with Crippen molar-refractivity contribution in [3.63, 3.8) is 0 Å². The molecular formula is C16H44Se2Si6. The van der Waals surface area contributed by atoms with Gasteiger partial charge in [0, 0.05) is 0 Å². The second-order valence-electron chi connectivity index (χ2n) is 12.1. The van der Waals surface area contributed by atoms with Gasteiger partial charge in [0.05, 0.1) is 0 Å². The van der Waals surface area contributed by atoms with Crippen LogP contribution in [-0.4, -0.2) is 74.5 Å². The molecule has 0 aromatic heterocycles. The normalized spacial score (nSPS) is 23.5. The first-order valence-corrected chi connectivity index (χ1v) is 37.2. The van der Waals surface area contributed by atoms with Crippen LogP contribution in [0.1, 0.15) is 0 Å². The van der Waals surface area contributed by atoms with Crippen LogP contribution < -0.4 is 0 Å². The van der Waals surface area contributed by atoms with Crippen molar-refractivity contribution < 1.29 is 0 Å². The van der Waals surface area contributed by atoms with Crippen molar-refractivity contribution in [2.45, 2.75) is 98.3 Å². The maximum atomic E-state index is 2.77. The van der Waals surface area contributed by atoms with Crippen LogP contribution in [0.2, 0.25) is 98.3 Å². The molecule has 0 unspecified atom stereocenters. The van der Waals surface area contributed by atoms with E-state index in [4.69, 9.17) is 0 Å². The number of hydrogen-bond donors (Lipinski definition) is 0. The third-order valence-corrected chi connectivity index (χ3v) is 118. The summed E-state index contributed by atoms with van der Waals surface area (Å²) in [6.45, 7) is 33.2. The first-order valence-electron chi connectivity index (χ1n) is 9.57. The summed E-state index contributed by atoms with van der Waals surface area (Å²) >= 11 is 1.99. The molecule has 8 heteroatoms. The zero-order valence-corrected chi connectivity index (χ0v) is 28.1. The minimum absolute atomic E-state index is 0.963. The summed E-state index contributed by atoms with van der Waals surface area (Å²) in [7, 11) is -5.78. The van der Waals surface area contributed by atoms with Crippen molar-refractivity contribution in [1.82, 2.24) is 0 Å². The van der Waals surface area contributed by atoms with Crippen molar-refractivity contribution in [3.05, 3.63) is 0 Å². The van der Waals surface area contributed by atoms with Gasteiger partial charge in [-0.2, -0.15) is 0 Å². The summed E-state index contributed by atoms with van der Waals surface area (Å²) in [4.78, 5) is 7.21. The van der Waals surface area contributed by atoms with Crippen molar-refractivity contribution in [2.24, 2.45) is 0 Å². The third kappa shape index (κ3) is 4.49. The molecule has 0 atom stereocenters. The Morgan fingerprint density at radius 1 is 0.417 bits per heavy atom. The molecule has 24 heavy (non-hydrogen) atoms. The van der Waals surface area contributed by atoms with Crippen molar-refractivity contribution in [2.75, 3.05) is 0 Å². The van der Waals surface area contributed by atoms with Crippen molar-refractivity contribution in [3.8, 4) is 0 Å². The van der Waals surface area contributed by atoms with Crippen LogP contribution >= 0.6 is 0 Å². The van der Waals surface area contributed by atoms with Gasteiger partial charge < -0.3 is 0 Å². The molecule has 1 saturated heterocycles. The molecule has 0 spiro atoms. The molecule has 1 aliphatic rings. The molecule has 0 amide bonds. The first-order chi connectivity index (χ1) is 10.4. The molecule has 1 rings (SSSR count). The zero-order valence-electron chi connectivity index (χ0n) is 18.6. The molecule has 0 aromatic rings. The molecule has 0 nitrogen and oxygen atoms in total.